The van der Waals surface area contributed by atoms with E-state index < -0.39 is 0 Å². The van der Waals surface area contributed by atoms with Crippen molar-refractivity contribution in [2.24, 2.45) is 62.4 Å². The van der Waals surface area contributed by atoms with Crippen molar-refractivity contribution in [1.29, 1.82) is 0 Å². The van der Waals surface area contributed by atoms with Crippen molar-refractivity contribution < 1.29 is 19.1 Å². The molecule has 51 heavy (non-hydrogen) atoms. The molecule has 6 rings (SSSR count). The summed E-state index contributed by atoms with van der Waals surface area (Å²) in [6, 6.07) is 8.46. The Labute approximate surface area is 318 Å². The Morgan fingerprint density at radius 2 is 1.51 bits per heavy atom. The number of ether oxygens (including phenoxy) is 2. The van der Waals surface area contributed by atoms with Gasteiger partial charge >= 0.3 is 5.97 Å². The number of fused-ring (bicyclic) bond motifs is 7. The summed E-state index contributed by atoms with van der Waals surface area (Å²) in [5.74, 6) is 2.94. The van der Waals surface area contributed by atoms with Gasteiger partial charge in [0.2, 0.25) is 5.91 Å². The molecule has 5 fully saturated rings. The number of hydrogen-bond donors (Lipinski definition) is 1. The van der Waals surface area contributed by atoms with E-state index in [1.54, 1.807) is 0 Å². The van der Waals surface area contributed by atoms with Crippen LogP contribution in [0.2, 0.25) is 0 Å². The van der Waals surface area contributed by atoms with Gasteiger partial charge in [0.05, 0.1) is 13.2 Å². The first-order valence-corrected chi connectivity index (χ1v) is 21.3. The molecule has 5 saturated carbocycles. The second-order valence-electron chi connectivity index (χ2n) is 19.5. The first-order valence-electron chi connectivity index (χ1n) is 20.5. The number of nitrogens with two attached hydrogens (primary N) is 1. The second-order valence-corrected chi connectivity index (χ2v) is 20.4. The summed E-state index contributed by atoms with van der Waals surface area (Å²) in [7, 11) is 0. The third-order valence-electron chi connectivity index (χ3n) is 16.6. The molecule has 0 heterocycles. The van der Waals surface area contributed by atoms with Crippen molar-refractivity contribution in [2.45, 2.75) is 157 Å². The number of carbonyl (C=O) groups is 2. The molecular formula is C45H68BrNO4. The van der Waals surface area contributed by atoms with Gasteiger partial charge in [0.25, 0.3) is 0 Å². The Hall–Kier alpha value is -1.66. The van der Waals surface area contributed by atoms with E-state index >= 15 is 0 Å². The maximum Gasteiger partial charge on any atom is 0.306 e. The van der Waals surface area contributed by atoms with Crippen LogP contribution in [0.15, 0.2) is 40.9 Å². The molecule has 0 spiro atoms. The van der Waals surface area contributed by atoms with E-state index in [0.717, 1.165) is 48.9 Å². The highest BCUT2D eigenvalue weighted by molar-refractivity contribution is 9.10. The van der Waals surface area contributed by atoms with Crippen LogP contribution in [0.3, 0.4) is 0 Å². The largest absolute Gasteiger partial charge is 0.462 e. The normalized spacial score (nSPS) is 39.6. The first kappa shape index (κ1) is 39.0. The van der Waals surface area contributed by atoms with E-state index in [1.807, 2.05) is 0 Å². The Balaban J connectivity index is 1.12. The van der Waals surface area contributed by atoms with E-state index in [0.29, 0.717) is 66.0 Å². The summed E-state index contributed by atoms with van der Waals surface area (Å²) in [6.45, 7) is 21.5. The van der Waals surface area contributed by atoms with Crippen molar-refractivity contribution in [3.63, 3.8) is 0 Å². The fraction of sp³-hybridized carbons (Fsp3) is 0.778. The van der Waals surface area contributed by atoms with Gasteiger partial charge in [-0.2, -0.15) is 0 Å². The minimum absolute atomic E-state index is 0.0131. The predicted molar refractivity (Wildman–Crippen MR) is 210 cm³/mol. The maximum absolute atomic E-state index is 13.1. The van der Waals surface area contributed by atoms with Gasteiger partial charge in [-0.15, -0.1) is 0 Å². The number of rotatable bonds is 13. The van der Waals surface area contributed by atoms with Crippen molar-refractivity contribution in [1.82, 2.24) is 0 Å². The molecule has 0 saturated heterocycles. The van der Waals surface area contributed by atoms with E-state index in [2.05, 4.69) is 81.7 Å². The molecule has 5 nitrogen and oxygen atoms in total. The standard InChI is InChI=1S/C45H68BrNO4/c1-30(28-50-29-31-14-16-32(46)17-15-31)33-20-23-42(4)26-27-44(6)34(40(33)42)18-19-36-43(5)24-22-37(41(2,3)35(43)21-25-45(36,44)7)51-39(49)13-11-9-8-10-12-38(47)48/h14-17,33-37,40H,1,8-13,18-29H2,2-7H3,(H2,47,48)/t33-,34+,35-,36+,37-,40+,42+,43-,44+,45+/m0/s1. The Kier molecular flexibility index (Phi) is 11.4. The van der Waals surface area contributed by atoms with Gasteiger partial charge in [-0.05, 0) is 152 Å². The molecule has 0 aromatic heterocycles. The molecule has 1 aromatic rings. The lowest BCUT2D eigenvalue weighted by Crippen LogP contribution is -2.66. The van der Waals surface area contributed by atoms with Gasteiger partial charge in [0.1, 0.15) is 6.10 Å². The maximum atomic E-state index is 13.1. The van der Waals surface area contributed by atoms with Crippen LogP contribution < -0.4 is 5.73 Å². The quantitative estimate of drug-likeness (QED) is 0.123. The third kappa shape index (κ3) is 7.17. The molecule has 0 radical (unpaired) electrons. The average Bonchev–Trinajstić information content (AvgIpc) is 3.42. The van der Waals surface area contributed by atoms with Crippen LogP contribution in [-0.2, 0) is 25.7 Å². The minimum Gasteiger partial charge on any atom is -0.462 e. The van der Waals surface area contributed by atoms with Gasteiger partial charge in [-0.25, -0.2) is 0 Å². The SMILES string of the molecule is C=C(COCc1ccc(Br)cc1)[C@@H]1CC[C@]2(C)CC[C@]3(C)[C@H](CC[C@@H]4[C@@]5(C)CC[C@H](OC(=O)CCCCCCC(N)=O)C(C)(C)[C@@H]5CC[C@]43C)[C@@H]12. The number of unbranched alkanes of at least 4 members (excludes halogenated alkanes) is 3. The lowest BCUT2D eigenvalue weighted by atomic mass is 9.32. The van der Waals surface area contributed by atoms with E-state index in [9.17, 15) is 9.59 Å². The smallest absolute Gasteiger partial charge is 0.306 e. The molecule has 1 aromatic carbocycles. The fourth-order valence-electron chi connectivity index (χ4n) is 13.7. The van der Waals surface area contributed by atoms with Crippen LogP contribution in [0.4, 0.5) is 0 Å². The van der Waals surface area contributed by atoms with Crippen LogP contribution in [0.5, 0.6) is 0 Å². The Morgan fingerprint density at radius 3 is 2.22 bits per heavy atom. The van der Waals surface area contributed by atoms with Crippen molar-refractivity contribution in [3.05, 3.63) is 46.5 Å². The molecule has 6 heteroatoms. The summed E-state index contributed by atoms with van der Waals surface area (Å²) in [5.41, 5.74) is 9.05. The Bertz CT molecular complexity index is 1440. The van der Waals surface area contributed by atoms with E-state index in [4.69, 9.17) is 21.8 Å². The molecule has 10 atom stereocenters. The molecule has 0 bridgehead atoms. The van der Waals surface area contributed by atoms with Crippen LogP contribution >= 0.6 is 15.9 Å². The average molecular weight is 767 g/mol. The second kappa shape index (κ2) is 14.9. The molecular weight excluding hydrogens is 698 g/mol. The van der Waals surface area contributed by atoms with Gasteiger partial charge < -0.3 is 15.2 Å². The number of halogens is 1. The molecule has 0 aliphatic heterocycles. The molecule has 5 aliphatic carbocycles. The summed E-state index contributed by atoms with van der Waals surface area (Å²) < 4.78 is 13.7. The lowest BCUT2D eigenvalue weighted by Gasteiger charge is -2.73. The van der Waals surface area contributed by atoms with Gasteiger partial charge in [0.15, 0.2) is 0 Å². The van der Waals surface area contributed by atoms with Crippen molar-refractivity contribution in [3.8, 4) is 0 Å². The Morgan fingerprint density at radius 1 is 0.804 bits per heavy atom. The van der Waals surface area contributed by atoms with Crippen LogP contribution in [0.1, 0.15) is 150 Å². The van der Waals surface area contributed by atoms with Gasteiger partial charge in [-0.1, -0.05) is 89.0 Å². The number of benzene rings is 1. The zero-order valence-electron chi connectivity index (χ0n) is 32.8. The fourth-order valence-corrected chi connectivity index (χ4v) is 14.0. The third-order valence-corrected chi connectivity index (χ3v) is 17.1. The molecule has 284 valence electrons. The summed E-state index contributed by atoms with van der Waals surface area (Å²) in [6.07, 6.45) is 17.0. The zero-order chi connectivity index (χ0) is 36.8. The van der Waals surface area contributed by atoms with Crippen LogP contribution in [-0.4, -0.2) is 24.6 Å². The van der Waals surface area contributed by atoms with Crippen LogP contribution in [0.25, 0.3) is 0 Å². The van der Waals surface area contributed by atoms with Crippen LogP contribution in [0, 0.1) is 56.7 Å². The number of esters is 1. The highest BCUT2D eigenvalue weighted by Crippen LogP contribution is 2.77. The molecule has 1 amide bonds. The van der Waals surface area contributed by atoms with E-state index in [1.165, 1.54) is 62.5 Å². The highest BCUT2D eigenvalue weighted by Gasteiger charge is 2.70. The molecule has 0 unspecified atom stereocenters. The molecule has 5 aliphatic rings. The van der Waals surface area contributed by atoms with E-state index in [-0.39, 0.29) is 28.8 Å². The monoisotopic (exact) mass is 765 g/mol. The summed E-state index contributed by atoms with van der Waals surface area (Å²) >= 11 is 3.55. The lowest BCUT2D eigenvalue weighted by molar-refractivity contribution is -0.249. The predicted octanol–water partition coefficient (Wildman–Crippen LogP) is 11.4. The highest BCUT2D eigenvalue weighted by atomic mass is 79.9. The van der Waals surface area contributed by atoms with Gasteiger partial charge in [0, 0.05) is 22.7 Å². The number of carbonyl (C=O) groups excluding carboxylic acids is 2. The first-order chi connectivity index (χ1) is 24.0. The summed E-state index contributed by atoms with van der Waals surface area (Å²) in [5, 5.41) is 0. The number of primary amides is 1. The van der Waals surface area contributed by atoms with Crippen molar-refractivity contribution >= 4 is 27.8 Å². The number of amides is 1. The van der Waals surface area contributed by atoms with Crippen molar-refractivity contribution in [2.75, 3.05) is 6.61 Å². The van der Waals surface area contributed by atoms with Gasteiger partial charge in [-0.3, -0.25) is 9.59 Å². The zero-order valence-corrected chi connectivity index (χ0v) is 34.4. The minimum atomic E-state index is -0.244. The number of hydrogen-bond acceptors (Lipinski definition) is 4. The molecule has 2 N–H and O–H groups in total. The topological polar surface area (TPSA) is 78.6 Å². The summed E-state index contributed by atoms with van der Waals surface area (Å²) in [4.78, 5) is 24.1.